The number of hydrogen-bond acceptors (Lipinski definition) is 4. The molecule has 0 aliphatic heterocycles. The minimum Gasteiger partial charge on any atom is -0.497 e. The van der Waals surface area contributed by atoms with Gasteiger partial charge in [-0.2, -0.15) is 0 Å². The Morgan fingerprint density at radius 1 is 0.519 bits per heavy atom. The summed E-state index contributed by atoms with van der Waals surface area (Å²) in [6.45, 7) is 4.37. The molecule has 0 unspecified atom stereocenters. The first kappa shape index (κ1) is 30.7. The van der Waals surface area contributed by atoms with E-state index in [0.717, 1.165) is 76.8 Å². The van der Waals surface area contributed by atoms with Gasteiger partial charge in [0.15, 0.2) is 0 Å². The van der Waals surface area contributed by atoms with Crippen molar-refractivity contribution in [2.75, 3.05) is 0 Å². The first-order chi connectivity index (χ1) is 25.1. The average Bonchev–Trinajstić information content (AvgIpc) is 3.75. The van der Waals surface area contributed by atoms with Crippen molar-refractivity contribution in [2.45, 2.75) is 13.8 Å². The number of imidazole rings is 2. The van der Waals surface area contributed by atoms with E-state index in [4.69, 9.17) is 19.7 Å². The molecule has 0 spiro atoms. The Labute approximate surface area is 311 Å². The van der Waals surface area contributed by atoms with Gasteiger partial charge in [-0.05, 0) is 83.3 Å². The van der Waals surface area contributed by atoms with Crippen molar-refractivity contribution in [2.24, 2.45) is 0 Å². The van der Waals surface area contributed by atoms with E-state index in [1.165, 1.54) is 22.3 Å². The van der Waals surface area contributed by atoms with Gasteiger partial charge in [0.2, 0.25) is 0 Å². The van der Waals surface area contributed by atoms with Crippen LogP contribution in [0.5, 0.6) is 11.5 Å². The van der Waals surface area contributed by atoms with Crippen molar-refractivity contribution < 1.29 is 25.2 Å². The molecule has 0 saturated carbocycles. The van der Waals surface area contributed by atoms with Crippen LogP contribution in [0.3, 0.4) is 0 Å². The summed E-state index contributed by atoms with van der Waals surface area (Å²) in [6, 6.07) is 49.0. The molecule has 0 amide bonds. The predicted octanol–water partition coefficient (Wildman–Crippen LogP) is 11.0. The summed E-state index contributed by atoms with van der Waals surface area (Å²) in [5, 5.41) is 6.06. The molecule has 6 aromatic carbocycles. The Morgan fingerprint density at radius 3 is 1.85 bits per heavy atom. The van der Waals surface area contributed by atoms with Crippen LogP contribution >= 0.6 is 0 Å². The van der Waals surface area contributed by atoms with Gasteiger partial charge in [0.1, 0.15) is 5.65 Å². The number of ether oxygens (including phenoxy) is 1. The second-order valence-corrected chi connectivity index (χ2v) is 13.2. The molecule has 52 heavy (non-hydrogen) atoms. The molecule has 7 heteroatoms. The van der Waals surface area contributed by atoms with Crippen LogP contribution in [-0.2, 0) is 20.4 Å². The Hall–Kier alpha value is -6.13. The molecule has 11 rings (SSSR count). The van der Waals surface area contributed by atoms with Crippen LogP contribution < -0.4 is 4.74 Å². The number of para-hydroxylation sites is 4. The number of benzene rings is 6. The Balaban J connectivity index is 0.00000338. The third-order valence-corrected chi connectivity index (χ3v) is 10.2. The van der Waals surface area contributed by atoms with Crippen molar-refractivity contribution in [1.29, 1.82) is 0 Å². The van der Waals surface area contributed by atoms with Gasteiger partial charge in [0.05, 0.1) is 33.4 Å². The van der Waals surface area contributed by atoms with E-state index in [0.29, 0.717) is 11.5 Å². The molecule has 0 radical (unpaired) electrons. The zero-order valence-corrected chi connectivity index (χ0v) is 29.6. The third kappa shape index (κ3) is 4.30. The van der Waals surface area contributed by atoms with E-state index in [-0.39, 0.29) is 20.4 Å². The summed E-state index contributed by atoms with van der Waals surface area (Å²) in [6.07, 6.45) is 1.83. The zero-order valence-electron chi connectivity index (χ0n) is 28.1. The second-order valence-electron chi connectivity index (χ2n) is 13.2. The van der Waals surface area contributed by atoms with Crippen molar-refractivity contribution >= 4 is 76.8 Å². The number of nitrogens with zero attached hydrogens (tertiary/aromatic N) is 5. The largest absolute Gasteiger partial charge is 2.00 e. The standard InChI is InChI=1S/C45H27N5O.Pd/c1-26-10-7-11-27(2)41(26)33-12-8-18-40-42(33)31-22-20-29(25-35(31)44-47-36-14-3-5-16-38(36)49(40)44)51-28-19-21-30-32-13-9-23-46-43(32)50-39-17-6-4-15-37(39)48-45(50)34(30)24-28;/h3-23H,1-2H3;/q-2;+2. The molecule has 11 aromatic rings. The molecule has 248 valence electrons. The molecule has 0 bridgehead atoms. The molecule has 0 aliphatic carbocycles. The van der Waals surface area contributed by atoms with Gasteiger partial charge in [-0.1, -0.05) is 106 Å². The number of hydrogen-bond donors (Lipinski definition) is 0. The van der Waals surface area contributed by atoms with Crippen LogP contribution in [0, 0.1) is 26.0 Å². The maximum atomic E-state index is 6.62. The minimum atomic E-state index is 0. The molecule has 0 atom stereocenters. The fourth-order valence-electron chi connectivity index (χ4n) is 8.06. The summed E-state index contributed by atoms with van der Waals surface area (Å²) < 4.78 is 11.0. The van der Waals surface area contributed by atoms with Gasteiger partial charge >= 0.3 is 20.4 Å². The smallest absolute Gasteiger partial charge is 0.497 e. The van der Waals surface area contributed by atoms with E-state index in [1.54, 1.807) is 0 Å². The SMILES string of the molecule is Cc1cccc(C)c1-c1cccc2c1c1ccc(Oc3[c-]c4c(cc3)c3cccnc3n3c5ccccc5nc43)[c-]c1c1nc3ccccc3n21.[Pd+2]. The van der Waals surface area contributed by atoms with Gasteiger partial charge in [-0.25, -0.2) is 4.98 Å². The average molecular weight is 760 g/mol. The predicted molar refractivity (Wildman–Crippen MR) is 206 cm³/mol. The summed E-state index contributed by atoms with van der Waals surface area (Å²) in [5.41, 5.74) is 12.4. The van der Waals surface area contributed by atoms with E-state index < -0.39 is 0 Å². The minimum absolute atomic E-state index is 0. The number of aryl methyl sites for hydroxylation is 2. The fraction of sp³-hybridized carbons (Fsp3) is 0.0444. The number of aromatic nitrogens is 5. The van der Waals surface area contributed by atoms with Gasteiger partial charge in [-0.15, -0.1) is 12.1 Å². The number of fused-ring (bicyclic) bond motifs is 16. The Kier molecular flexibility index (Phi) is 6.75. The van der Waals surface area contributed by atoms with Crippen molar-refractivity contribution in [1.82, 2.24) is 23.8 Å². The van der Waals surface area contributed by atoms with Gasteiger partial charge in [0.25, 0.3) is 0 Å². The second kappa shape index (κ2) is 11.4. The van der Waals surface area contributed by atoms with Crippen LogP contribution in [0.1, 0.15) is 11.1 Å². The van der Waals surface area contributed by atoms with Gasteiger partial charge < -0.3 is 13.5 Å². The number of rotatable bonds is 3. The Morgan fingerprint density at radius 2 is 1.12 bits per heavy atom. The first-order valence-electron chi connectivity index (χ1n) is 17.0. The molecular formula is C45H27N5OPd. The molecule has 6 nitrogen and oxygen atoms in total. The molecule has 0 fully saturated rings. The maximum Gasteiger partial charge on any atom is 2.00 e. The van der Waals surface area contributed by atoms with E-state index >= 15 is 0 Å². The van der Waals surface area contributed by atoms with Crippen molar-refractivity contribution in [3.05, 3.63) is 151 Å². The van der Waals surface area contributed by atoms with Crippen LogP contribution in [0.25, 0.3) is 88.0 Å². The monoisotopic (exact) mass is 759 g/mol. The van der Waals surface area contributed by atoms with Crippen LogP contribution in [-0.4, -0.2) is 23.8 Å². The van der Waals surface area contributed by atoms with Crippen LogP contribution in [0.15, 0.2) is 128 Å². The zero-order chi connectivity index (χ0) is 33.8. The third-order valence-electron chi connectivity index (χ3n) is 10.2. The fourth-order valence-corrected chi connectivity index (χ4v) is 8.06. The molecule has 5 aromatic heterocycles. The summed E-state index contributed by atoms with van der Waals surface area (Å²) in [5.74, 6) is 1.17. The summed E-state index contributed by atoms with van der Waals surface area (Å²) in [4.78, 5) is 14.9. The quantitative estimate of drug-likeness (QED) is 0.102. The van der Waals surface area contributed by atoms with E-state index in [9.17, 15) is 0 Å². The van der Waals surface area contributed by atoms with E-state index in [1.807, 2.05) is 48.7 Å². The van der Waals surface area contributed by atoms with Gasteiger partial charge in [0, 0.05) is 23.2 Å². The molecule has 0 aliphatic rings. The molecular weight excluding hydrogens is 733 g/mol. The van der Waals surface area contributed by atoms with Gasteiger partial charge in [-0.3, -0.25) is 9.97 Å². The van der Waals surface area contributed by atoms with Crippen LogP contribution in [0.4, 0.5) is 0 Å². The van der Waals surface area contributed by atoms with Crippen molar-refractivity contribution in [3.8, 4) is 22.6 Å². The Bertz CT molecular complexity index is 3250. The molecule has 5 heterocycles. The molecule has 0 N–H and O–H groups in total. The van der Waals surface area contributed by atoms with Crippen LogP contribution in [0.2, 0.25) is 0 Å². The van der Waals surface area contributed by atoms with Crippen molar-refractivity contribution in [3.63, 3.8) is 0 Å². The molecule has 0 saturated heterocycles. The number of pyridine rings is 3. The van der Waals surface area contributed by atoms with E-state index in [2.05, 4.69) is 114 Å². The summed E-state index contributed by atoms with van der Waals surface area (Å²) >= 11 is 0. The topological polar surface area (TPSA) is 56.7 Å². The summed E-state index contributed by atoms with van der Waals surface area (Å²) in [7, 11) is 0. The normalized spacial score (nSPS) is 11.9. The maximum absolute atomic E-state index is 6.62. The first-order valence-corrected chi connectivity index (χ1v) is 17.0.